The lowest BCUT2D eigenvalue weighted by atomic mass is 11.3. The topological polar surface area (TPSA) is 146 Å². The molecular weight excluding hydrogens is 392 g/mol. The van der Waals surface area contributed by atoms with E-state index in [0.29, 0.717) is 0 Å². The summed E-state index contributed by atoms with van der Waals surface area (Å²) < 4.78 is 92.8. The van der Waals surface area contributed by atoms with E-state index in [0.717, 1.165) is 0 Å². The van der Waals surface area contributed by atoms with Gasteiger partial charge in [0.2, 0.25) is 39.3 Å². The van der Waals surface area contributed by atoms with Gasteiger partial charge in [0, 0.05) is 21.6 Å². The predicted molar refractivity (Wildman–Crippen MR) is 85.1 cm³/mol. The van der Waals surface area contributed by atoms with Gasteiger partial charge in [0.1, 0.15) is 0 Å². The van der Waals surface area contributed by atoms with Crippen LogP contribution >= 0.6 is 0 Å². The quantitative estimate of drug-likeness (QED) is 0.481. The number of hydrogen-bond acceptors (Lipinski definition) is 9. The molecule has 13 heteroatoms. The molecule has 132 valence electrons. The molecule has 0 saturated heterocycles. The van der Waals surface area contributed by atoms with Gasteiger partial charge in [0.05, 0.1) is 0 Å². The van der Waals surface area contributed by atoms with Crippen LogP contribution in [0.4, 0.5) is 0 Å². The van der Waals surface area contributed by atoms with Crippen LogP contribution in [0.15, 0.2) is 47.9 Å². The third-order valence-corrected chi connectivity index (χ3v) is 9.89. The summed E-state index contributed by atoms with van der Waals surface area (Å²) in [4.78, 5) is 0. The molecule has 0 amide bonds. The van der Waals surface area contributed by atoms with Gasteiger partial charge in [-0.2, -0.15) is 0 Å². The largest absolute Gasteiger partial charge is 0.314 e. The molecule has 9 nitrogen and oxygen atoms in total. The second-order valence-electron chi connectivity index (χ2n) is 3.74. The van der Waals surface area contributed by atoms with E-state index in [4.69, 9.17) is 0 Å². The summed E-state index contributed by atoms with van der Waals surface area (Å²) in [7, 11) is -19.1. The molecule has 0 saturated carbocycles. The van der Waals surface area contributed by atoms with Crippen LogP contribution in [0.25, 0.3) is 0 Å². The van der Waals surface area contributed by atoms with Crippen LogP contribution in [0.2, 0.25) is 0 Å². The van der Waals surface area contributed by atoms with E-state index in [1.807, 2.05) is 0 Å². The molecule has 0 heterocycles. The van der Waals surface area contributed by atoms with E-state index in [9.17, 15) is 33.7 Å². The highest BCUT2D eigenvalue weighted by molar-refractivity contribution is 8.12. The molecule has 0 bridgehead atoms. The number of hydrogen-bond donors (Lipinski definition) is 0. The summed E-state index contributed by atoms with van der Waals surface area (Å²) in [6.45, 7) is 11.5. The van der Waals surface area contributed by atoms with Crippen molar-refractivity contribution >= 4 is 39.3 Å². The molecule has 0 aromatic rings. The highest BCUT2D eigenvalue weighted by Gasteiger charge is 2.45. The molecule has 0 aliphatic rings. The van der Waals surface area contributed by atoms with Gasteiger partial charge in [-0.3, -0.25) is 0 Å². The van der Waals surface area contributed by atoms with Crippen LogP contribution in [-0.4, -0.2) is 43.2 Å². The van der Waals surface area contributed by atoms with E-state index in [2.05, 4.69) is 31.1 Å². The predicted octanol–water partition coefficient (Wildman–Crippen LogP) is -0.197. The number of sulfone groups is 4. The van der Waals surface area contributed by atoms with Crippen LogP contribution < -0.4 is 0 Å². The highest BCUT2D eigenvalue weighted by atomic mass is 32.3. The molecular formula is C10H14O9S4. The van der Waals surface area contributed by atoms with E-state index >= 15 is 0 Å². The Morgan fingerprint density at radius 1 is 0.522 bits per heavy atom. The average molecular weight is 406 g/mol. The second kappa shape index (κ2) is 7.09. The summed E-state index contributed by atoms with van der Waals surface area (Å²) in [6, 6.07) is 0. The molecule has 0 atom stereocenters. The van der Waals surface area contributed by atoms with Gasteiger partial charge < -0.3 is 4.74 Å². The molecule has 0 N–H and O–H groups in total. The number of ether oxygens (including phenoxy) is 1. The molecule has 0 rings (SSSR count). The van der Waals surface area contributed by atoms with Crippen LogP contribution in [0.1, 0.15) is 0 Å². The van der Waals surface area contributed by atoms with E-state index in [1.54, 1.807) is 0 Å². The Hall–Kier alpha value is -1.28. The fourth-order valence-electron chi connectivity index (χ4n) is 1.09. The van der Waals surface area contributed by atoms with Gasteiger partial charge in [-0.15, -0.1) is 0 Å². The lowest BCUT2D eigenvalue weighted by Crippen LogP contribution is -2.40. The summed E-state index contributed by atoms with van der Waals surface area (Å²) in [5.74, 6) is 0. The maximum Gasteiger partial charge on any atom is 0.270 e. The third-order valence-electron chi connectivity index (χ3n) is 2.22. The highest BCUT2D eigenvalue weighted by Crippen LogP contribution is 2.24. The van der Waals surface area contributed by atoms with Crippen molar-refractivity contribution < 1.29 is 38.4 Å². The van der Waals surface area contributed by atoms with Crippen molar-refractivity contribution in [1.29, 1.82) is 0 Å². The molecule has 0 aliphatic heterocycles. The lowest BCUT2D eigenvalue weighted by Gasteiger charge is -2.20. The smallest absolute Gasteiger partial charge is 0.270 e. The zero-order chi connectivity index (χ0) is 18.7. The molecule has 0 aromatic carbocycles. The monoisotopic (exact) mass is 406 g/mol. The van der Waals surface area contributed by atoms with Crippen molar-refractivity contribution in [2.75, 3.05) is 0 Å². The Bertz CT molecular complexity index is 764. The van der Waals surface area contributed by atoms with Crippen molar-refractivity contribution in [3.05, 3.63) is 47.9 Å². The Morgan fingerprint density at radius 2 is 0.696 bits per heavy atom. The van der Waals surface area contributed by atoms with E-state index < -0.39 is 48.9 Å². The molecule has 0 spiro atoms. The maximum atomic E-state index is 11.8. The van der Waals surface area contributed by atoms with Crippen molar-refractivity contribution in [3.8, 4) is 0 Å². The molecule has 0 radical (unpaired) electrons. The van der Waals surface area contributed by atoms with Crippen molar-refractivity contribution in [3.63, 3.8) is 0 Å². The van der Waals surface area contributed by atoms with Crippen LogP contribution in [0, 0.1) is 0 Å². The summed E-state index contributed by atoms with van der Waals surface area (Å²) in [6.07, 6.45) is 0. The van der Waals surface area contributed by atoms with Gasteiger partial charge in [0.15, 0.2) is 0 Å². The van der Waals surface area contributed by atoms with Crippen LogP contribution in [-0.2, 0) is 44.1 Å². The number of rotatable bonds is 10. The normalized spacial score (nSPS) is 13.7. The first-order valence-corrected chi connectivity index (χ1v) is 11.8. The molecule has 0 unspecified atom stereocenters. The van der Waals surface area contributed by atoms with Gasteiger partial charge >= 0.3 is 0 Å². The van der Waals surface area contributed by atoms with E-state index in [-0.39, 0.29) is 21.6 Å². The zero-order valence-corrected chi connectivity index (χ0v) is 14.9. The zero-order valence-electron chi connectivity index (χ0n) is 11.6. The average Bonchev–Trinajstić information content (AvgIpc) is 2.46. The lowest BCUT2D eigenvalue weighted by molar-refractivity contribution is 0.169. The minimum Gasteiger partial charge on any atom is -0.314 e. The fraction of sp³-hybridized carbons (Fsp3) is 0.200. The first-order chi connectivity index (χ1) is 10.2. The second-order valence-corrected chi connectivity index (χ2v) is 12.1. The molecule has 23 heavy (non-hydrogen) atoms. The molecule has 0 aliphatic carbocycles. The van der Waals surface area contributed by atoms with Gasteiger partial charge in [-0.25, -0.2) is 33.7 Å². The van der Waals surface area contributed by atoms with Gasteiger partial charge in [-0.1, -0.05) is 26.3 Å². The van der Waals surface area contributed by atoms with E-state index in [1.165, 1.54) is 0 Å². The van der Waals surface area contributed by atoms with Crippen molar-refractivity contribution in [2.24, 2.45) is 0 Å². The Labute approximate surface area is 135 Å². The Balaban J connectivity index is 6.57. The summed E-state index contributed by atoms with van der Waals surface area (Å²) in [5, 5.41) is 0.710. The minimum absolute atomic E-state index is 0.177. The minimum atomic E-state index is -4.78. The molecule has 0 aromatic heterocycles. The van der Waals surface area contributed by atoms with Crippen molar-refractivity contribution in [1.82, 2.24) is 0 Å². The fourth-order valence-corrected chi connectivity index (χ4v) is 7.00. The first-order valence-electron chi connectivity index (χ1n) is 5.32. The Morgan fingerprint density at radius 3 is 0.826 bits per heavy atom. The SMILES string of the molecule is C=CS(=O)(=O)C(OC(S(=O)(=O)C=C)S(=O)(=O)C=C)S(=O)(=O)C=C. The Kier molecular flexibility index (Phi) is 6.69. The first kappa shape index (κ1) is 21.7. The van der Waals surface area contributed by atoms with Gasteiger partial charge in [-0.05, 0) is 0 Å². The van der Waals surface area contributed by atoms with Crippen LogP contribution in [0.3, 0.4) is 0 Å². The maximum absolute atomic E-state index is 11.8. The van der Waals surface area contributed by atoms with Crippen LogP contribution in [0.5, 0.6) is 0 Å². The standard InChI is InChI=1S/C10H14O9S4/c1-5-20(11,12)9(21(13,14)6-2)19-10(22(15,16)7-3)23(17,18)8-4/h5-10H,1-4H2. The molecule has 0 fully saturated rings. The van der Waals surface area contributed by atoms with Gasteiger partial charge in [0.25, 0.3) is 9.54 Å². The summed E-state index contributed by atoms with van der Waals surface area (Å²) in [5.41, 5.74) is 0. The summed E-state index contributed by atoms with van der Waals surface area (Å²) >= 11 is 0. The van der Waals surface area contributed by atoms with Crippen molar-refractivity contribution in [2.45, 2.75) is 9.54 Å². The third kappa shape index (κ3) is 4.84.